The predicted molar refractivity (Wildman–Crippen MR) is 105 cm³/mol. The second kappa shape index (κ2) is 6.07. The zero-order valence-electron chi connectivity index (χ0n) is 14.4. The second-order valence-electron chi connectivity index (χ2n) is 6.60. The van der Waals surface area contributed by atoms with E-state index in [-0.39, 0.29) is 11.5 Å². The van der Waals surface area contributed by atoms with Crippen LogP contribution in [0.1, 0.15) is 27.5 Å². The standard InChI is InChI=1S/C21H13ClFN3O2/c22-15-9-8-11(23)10-14(15)19-18-13(20(27)24-19)5-3-7-17(18)26-16-6-2-1-4-12(16)21(28)25-26/h1-10,19H,(H,24,27)(H,25,28). The molecule has 2 heterocycles. The molecular formula is C21H13ClFN3O2. The molecule has 1 atom stereocenters. The van der Waals surface area contributed by atoms with E-state index in [1.807, 2.05) is 18.2 Å². The Labute approximate surface area is 163 Å². The summed E-state index contributed by atoms with van der Waals surface area (Å²) < 4.78 is 15.5. The zero-order chi connectivity index (χ0) is 19.4. The molecular weight excluding hydrogens is 381 g/mol. The molecule has 1 amide bonds. The van der Waals surface area contributed by atoms with Crippen LogP contribution >= 0.6 is 11.6 Å². The van der Waals surface area contributed by atoms with E-state index < -0.39 is 11.9 Å². The van der Waals surface area contributed by atoms with Gasteiger partial charge in [-0.1, -0.05) is 29.8 Å². The zero-order valence-corrected chi connectivity index (χ0v) is 15.1. The molecule has 3 aromatic carbocycles. The third kappa shape index (κ3) is 2.38. The molecule has 1 aromatic heterocycles. The van der Waals surface area contributed by atoms with E-state index in [9.17, 15) is 14.0 Å². The number of para-hydroxylation sites is 1. The number of rotatable bonds is 2. The first-order chi connectivity index (χ1) is 13.5. The fourth-order valence-electron chi connectivity index (χ4n) is 3.77. The molecule has 0 fully saturated rings. The van der Waals surface area contributed by atoms with E-state index in [1.54, 1.807) is 28.9 Å². The van der Waals surface area contributed by atoms with Crippen LogP contribution in [0.4, 0.5) is 4.39 Å². The number of carbonyl (C=O) groups excluding carboxylic acids is 1. The van der Waals surface area contributed by atoms with Crippen LogP contribution in [-0.4, -0.2) is 15.7 Å². The van der Waals surface area contributed by atoms with E-state index >= 15 is 0 Å². The van der Waals surface area contributed by atoms with Gasteiger partial charge in [0.15, 0.2) is 0 Å². The van der Waals surface area contributed by atoms with Crippen molar-refractivity contribution in [1.82, 2.24) is 15.1 Å². The molecule has 0 saturated heterocycles. The minimum absolute atomic E-state index is 0.231. The smallest absolute Gasteiger partial charge is 0.272 e. The lowest BCUT2D eigenvalue weighted by molar-refractivity contribution is 0.0960. The van der Waals surface area contributed by atoms with E-state index in [4.69, 9.17) is 11.6 Å². The largest absolute Gasteiger partial charge is 0.341 e. The van der Waals surface area contributed by atoms with Crippen molar-refractivity contribution in [3.63, 3.8) is 0 Å². The maximum atomic E-state index is 13.9. The Morgan fingerprint density at radius 3 is 2.68 bits per heavy atom. The van der Waals surface area contributed by atoms with Gasteiger partial charge in [0.1, 0.15) is 5.82 Å². The highest BCUT2D eigenvalue weighted by atomic mass is 35.5. The van der Waals surface area contributed by atoms with E-state index in [2.05, 4.69) is 10.4 Å². The third-order valence-corrected chi connectivity index (χ3v) is 5.35. The number of benzene rings is 3. The summed E-state index contributed by atoms with van der Waals surface area (Å²) in [6.07, 6.45) is 0. The number of hydrogen-bond donors (Lipinski definition) is 2. The third-order valence-electron chi connectivity index (χ3n) is 5.00. The molecule has 0 saturated carbocycles. The van der Waals surface area contributed by atoms with E-state index in [0.29, 0.717) is 38.3 Å². The molecule has 5 nitrogen and oxygen atoms in total. The molecule has 1 aliphatic rings. The fraction of sp³-hybridized carbons (Fsp3) is 0.0476. The van der Waals surface area contributed by atoms with Gasteiger partial charge in [-0.05, 0) is 42.5 Å². The van der Waals surface area contributed by atoms with Crippen LogP contribution in [-0.2, 0) is 0 Å². The van der Waals surface area contributed by atoms with Crippen LogP contribution in [0, 0.1) is 5.82 Å². The van der Waals surface area contributed by atoms with Crippen LogP contribution in [0.2, 0.25) is 5.02 Å². The lowest BCUT2D eigenvalue weighted by atomic mass is 9.96. The number of amides is 1. The van der Waals surface area contributed by atoms with E-state index in [0.717, 1.165) is 0 Å². The van der Waals surface area contributed by atoms with Crippen LogP contribution in [0.15, 0.2) is 65.5 Å². The number of fused-ring (bicyclic) bond motifs is 2. The highest BCUT2D eigenvalue weighted by molar-refractivity contribution is 6.31. The number of carbonyl (C=O) groups is 1. The average molecular weight is 394 g/mol. The highest BCUT2D eigenvalue weighted by Gasteiger charge is 2.34. The Balaban J connectivity index is 1.80. The van der Waals surface area contributed by atoms with Crippen LogP contribution in [0.3, 0.4) is 0 Å². The number of aromatic amines is 1. The number of H-pyrrole nitrogens is 1. The van der Waals surface area contributed by atoms with Gasteiger partial charge in [-0.2, -0.15) is 0 Å². The Morgan fingerprint density at radius 1 is 1.00 bits per heavy atom. The van der Waals surface area contributed by atoms with Gasteiger partial charge in [0.25, 0.3) is 11.5 Å². The van der Waals surface area contributed by atoms with Crippen LogP contribution in [0.5, 0.6) is 0 Å². The summed E-state index contributed by atoms with van der Waals surface area (Å²) in [6.45, 7) is 0. The summed E-state index contributed by atoms with van der Waals surface area (Å²) in [5.41, 5.74) is 2.63. The minimum Gasteiger partial charge on any atom is -0.341 e. The van der Waals surface area contributed by atoms with Gasteiger partial charge >= 0.3 is 0 Å². The molecule has 5 rings (SSSR count). The Bertz CT molecular complexity index is 1320. The van der Waals surface area contributed by atoms with Crippen LogP contribution in [0.25, 0.3) is 16.6 Å². The van der Waals surface area contributed by atoms with Crippen molar-refractivity contribution in [2.24, 2.45) is 0 Å². The van der Waals surface area contributed by atoms with Crippen molar-refractivity contribution in [3.05, 3.63) is 98.5 Å². The van der Waals surface area contributed by atoms with Crippen molar-refractivity contribution in [1.29, 1.82) is 0 Å². The first kappa shape index (κ1) is 16.8. The number of hydrogen-bond acceptors (Lipinski definition) is 2. The molecule has 28 heavy (non-hydrogen) atoms. The predicted octanol–water partition coefficient (Wildman–Crippen LogP) is 3.94. The summed E-state index contributed by atoms with van der Waals surface area (Å²) in [5, 5.41) is 6.59. The SMILES string of the molecule is O=C1NC(c2cc(F)ccc2Cl)c2c1cccc2-n1[nH]c(=O)c2ccccc21. The molecule has 2 N–H and O–H groups in total. The molecule has 0 spiro atoms. The van der Waals surface area contributed by atoms with Crippen molar-refractivity contribution >= 4 is 28.4 Å². The molecule has 138 valence electrons. The van der Waals surface area contributed by atoms with Crippen molar-refractivity contribution in [2.75, 3.05) is 0 Å². The van der Waals surface area contributed by atoms with Gasteiger partial charge in [0.05, 0.1) is 22.6 Å². The van der Waals surface area contributed by atoms with Gasteiger partial charge in [-0.15, -0.1) is 0 Å². The normalized spacial score (nSPS) is 15.6. The highest BCUT2D eigenvalue weighted by Crippen LogP contribution is 2.38. The van der Waals surface area contributed by atoms with Crippen molar-refractivity contribution in [3.8, 4) is 5.69 Å². The summed E-state index contributed by atoms with van der Waals surface area (Å²) in [6, 6.07) is 15.8. The van der Waals surface area contributed by atoms with Gasteiger partial charge in [-0.3, -0.25) is 19.4 Å². The van der Waals surface area contributed by atoms with E-state index in [1.165, 1.54) is 18.2 Å². The summed E-state index contributed by atoms with van der Waals surface area (Å²) in [4.78, 5) is 24.9. The quantitative estimate of drug-likeness (QED) is 0.541. The summed E-state index contributed by atoms with van der Waals surface area (Å²) in [5.74, 6) is -0.722. The first-order valence-corrected chi connectivity index (χ1v) is 9.01. The lowest BCUT2D eigenvalue weighted by Gasteiger charge is -2.18. The van der Waals surface area contributed by atoms with Crippen molar-refractivity contribution < 1.29 is 9.18 Å². The Hall–Kier alpha value is -3.38. The van der Waals surface area contributed by atoms with Crippen molar-refractivity contribution in [2.45, 2.75) is 6.04 Å². The molecule has 0 aliphatic carbocycles. The maximum absolute atomic E-state index is 13.9. The molecule has 0 radical (unpaired) electrons. The molecule has 1 unspecified atom stereocenters. The monoisotopic (exact) mass is 393 g/mol. The van der Waals surface area contributed by atoms with Gasteiger partial charge < -0.3 is 5.32 Å². The number of nitrogens with one attached hydrogen (secondary N) is 2. The summed E-state index contributed by atoms with van der Waals surface area (Å²) in [7, 11) is 0. The second-order valence-corrected chi connectivity index (χ2v) is 7.01. The number of nitrogens with zero attached hydrogens (tertiary/aromatic N) is 1. The fourth-order valence-corrected chi connectivity index (χ4v) is 4.00. The average Bonchev–Trinajstić information content (AvgIpc) is 3.22. The molecule has 7 heteroatoms. The van der Waals surface area contributed by atoms with Gasteiger partial charge in [-0.25, -0.2) is 4.39 Å². The maximum Gasteiger partial charge on any atom is 0.272 e. The topological polar surface area (TPSA) is 66.9 Å². The minimum atomic E-state index is -0.633. The van der Waals surface area contributed by atoms with Crippen LogP contribution < -0.4 is 10.9 Å². The Kier molecular flexibility index (Phi) is 3.64. The Morgan fingerprint density at radius 2 is 1.82 bits per heavy atom. The molecule has 0 bridgehead atoms. The molecule has 4 aromatic rings. The summed E-state index contributed by atoms with van der Waals surface area (Å²) >= 11 is 6.31. The van der Waals surface area contributed by atoms with Gasteiger partial charge in [0.2, 0.25) is 0 Å². The first-order valence-electron chi connectivity index (χ1n) is 8.63. The lowest BCUT2D eigenvalue weighted by Crippen LogP contribution is -2.20. The molecule has 1 aliphatic heterocycles. The number of halogens is 2. The van der Waals surface area contributed by atoms with Gasteiger partial charge in [0, 0.05) is 21.7 Å². The number of aromatic nitrogens is 2.